The predicted molar refractivity (Wildman–Crippen MR) is 158 cm³/mol. The summed E-state index contributed by atoms with van der Waals surface area (Å²) in [6.07, 6.45) is 8.71. The van der Waals surface area contributed by atoms with Crippen LogP contribution in [0.4, 0.5) is 8.78 Å². The van der Waals surface area contributed by atoms with Gasteiger partial charge >= 0.3 is 11.2 Å². The van der Waals surface area contributed by atoms with Crippen molar-refractivity contribution in [2.75, 3.05) is 23.9 Å². The number of hydrogen-bond acceptors (Lipinski definition) is 7. The van der Waals surface area contributed by atoms with Crippen molar-refractivity contribution in [3.8, 4) is 0 Å². The molecule has 7 rings (SSSR count). The molecule has 4 aliphatic carbocycles. The van der Waals surface area contributed by atoms with Crippen LogP contribution < -0.4 is 5.26 Å². The third-order valence-corrected chi connectivity index (χ3v) is 12.2. The number of alkyl halides is 2. The largest absolute Gasteiger partial charge is 0.691 e. The molecule has 4 saturated carbocycles. The summed E-state index contributed by atoms with van der Waals surface area (Å²) < 4.78 is 36.0. The highest BCUT2D eigenvalue weighted by atomic mass is 32.2. The molecule has 5 aliphatic rings. The fraction of sp³-hybridized carbons (Fsp3) is 0.562. The van der Waals surface area contributed by atoms with Gasteiger partial charge in [-0.05, 0) is 92.0 Å². The minimum atomic E-state index is -3.98. The molecule has 2 unspecified atom stereocenters. The summed E-state index contributed by atoms with van der Waals surface area (Å²) in [6.45, 7) is 2.03. The van der Waals surface area contributed by atoms with E-state index in [0.717, 1.165) is 43.4 Å². The molecule has 1 saturated heterocycles. The minimum Gasteiger partial charge on any atom is -0.691 e. The average Bonchev–Trinajstić information content (AvgIpc) is 3.48. The summed E-state index contributed by atoms with van der Waals surface area (Å²) >= 11 is -0.641. The van der Waals surface area contributed by atoms with Gasteiger partial charge < -0.3 is 9.99 Å². The molecule has 0 radical (unpaired) electrons. The zero-order valence-electron chi connectivity index (χ0n) is 23.9. The van der Waals surface area contributed by atoms with Crippen LogP contribution in [0, 0.1) is 24.2 Å². The Kier molecular flexibility index (Phi) is 9.99. The number of aryl methyl sites for hydroxylation is 1. The lowest BCUT2D eigenvalue weighted by Gasteiger charge is -2.62. The molecule has 5 fully saturated rings. The van der Waals surface area contributed by atoms with E-state index in [4.69, 9.17) is 4.74 Å². The average molecular weight is 621 g/mol. The summed E-state index contributed by atoms with van der Waals surface area (Å²) in [4.78, 5) is 23.6. The van der Waals surface area contributed by atoms with Crippen molar-refractivity contribution >= 4 is 34.7 Å². The lowest BCUT2D eigenvalue weighted by atomic mass is 9.43. The monoisotopic (exact) mass is 620 g/mol. The molecule has 1 aliphatic heterocycles. The lowest BCUT2D eigenvalue weighted by molar-refractivity contribution is -0.777. The number of carbonyl (C=O) groups excluding carboxylic acids is 2. The molecule has 2 aromatic carbocycles. The first-order valence-corrected chi connectivity index (χ1v) is 17.1. The van der Waals surface area contributed by atoms with Crippen molar-refractivity contribution in [1.29, 1.82) is 0 Å². The Balaban J connectivity index is 0.000000211. The van der Waals surface area contributed by atoms with E-state index < -0.39 is 23.3 Å². The number of ether oxygens (including phenoxy) is 1. The molecule has 6 nitrogen and oxygen atoms in total. The fourth-order valence-electron chi connectivity index (χ4n) is 8.01. The SMILES string of the molecule is Cc1ccc(C23CC4CC(CC(COC(=O)C(F)(F)SOO[O-])(C4)C2)C3)cc1.O=C(C[S+]1CCCC1)c1ccccc1. The first-order chi connectivity index (χ1) is 20.1. The van der Waals surface area contributed by atoms with Gasteiger partial charge in [-0.1, -0.05) is 60.2 Å². The molecule has 42 heavy (non-hydrogen) atoms. The third kappa shape index (κ3) is 7.38. The van der Waals surface area contributed by atoms with Crippen molar-refractivity contribution in [1.82, 2.24) is 0 Å². The third-order valence-electron chi connectivity index (χ3n) is 9.31. The van der Waals surface area contributed by atoms with Gasteiger partial charge in [0.05, 0.1) is 6.61 Å². The van der Waals surface area contributed by atoms with Crippen LogP contribution in [0.3, 0.4) is 0 Å². The standard InChI is InChI=1S/C20H24F2O5S.C12H15OS/c1-13-2-4-16(5-3-13)19-9-14-6-15(10-19)8-18(7-14,11-19)12-25-17(23)20(21,22)28-27-26-24;13-12(10-14-8-4-5-9-14)11-6-2-1-3-7-11/h2-5,14-15,24H,6-12H2,1H3;1-3,6-7H,4-5,8-10H2/q;+1/p-1. The summed E-state index contributed by atoms with van der Waals surface area (Å²) in [6, 6.07) is 18.3. The van der Waals surface area contributed by atoms with Gasteiger partial charge in [0.15, 0.2) is 5.75 Å². The number of esters is 1. The second-order valence-corrected chi connectivity index (χ2v) is 15.7. The highest BCUT2D eigenvalue weighted by molar-refractivity contribution is 7.97. The van der Waals surface area contributed by atoms with E-state index in [2.05, 4.69) is 40.6 Å². The Morgan fingerprint density at radius 3 is 2.26 bits per heavy atom. The first kappa shape index (κ1) is 31.4. The molecule has 228 valence electrons. The molecule has 0 aromatic heterocycles. The maximum atomic E-state index is 13.7. The Bertz CT molecular complexity index is 1210. The van der Waals surface area contributed by atoms with Crippen molar-refractivity contribution in [2.24, 2.45) is 17.3 Å². The van der Waals surface area contributed by atoms with Crippen LogP contribution in [0.5, 0.6) is 0 Å². The summed E-state index contributed by atoms with van der Waals surface area (Å²) in [7, 11) is 0.393. The molecular weight excluding hydrogens is 582 g/mol. The van der Waals surface area contributed by atoms with E-state index >= 15 is 0 Å². The Morgan fingerprint density at radius 2 is 1.64 bits per heavy atom. The van der Waals surface area contributed by atoms with Crippen molar-refractivity contribution in [3.63, 3.8) is 0 Å². The highest BCUT2D eigenvalue weighted by Crippen LogP contribution is 2.65. The Hall–Kier alpha value is -1.98. The molecule has 0 spiro atoms. The van der Waals surface area contributed by atoms with E-state index in [1.807, 2.05) is 30.3 Å². The zero-order chi connectivity index (χ0) is 29.8. The molecule has 4 bridgehead atoms. The smallest absolute Gasteiger partial charge is 0.415 e. The number of benzene rings is 2. The van der Waals surface area contributed by atoms with Gasteiger partial charge in [0.2, 0.25) is 5.78 Å². The van der Waals surface area contributed by atoms with E-state index in [1.54, 1.807) is 0 Å². The van der Waals surface area contributed by atoms with Crippen molar-refractivity contribution in [2.45, 2.75) is 69.0 Å². The normalized spacial score (nSPS) is 28.3. The first-order valence-electron chi connectivity index (χ1n) is 14.6. The summed E-state index contributed by atoms with van der Waals surface area (Å²) in [5, 5.41) is 8.67. The van der Waals surface area contributed by atoms with Crippen LogP contribution in [-0.4, -0.2) is 40.9 Å². The van der Waals surface area contributed by atoms with Gasteiger partial charge in [-0.15, -0.1) is 0 Å². The van der Waals surface area contributed by atoms with Gasteiger partial charge in [-0.25, -0.2) is 4.79 Å². The highest BCUT2D eigenvalue weighted by Gasteiger charge is 2.59. The van der Waals surface area contributed by atoms with Crippen molar-refractivity contribution in [3.05, 3.63) is 71.3 Å². The van der Waals surface area contributed by atoms with E-state index in [9.17, 15) is 23.6 Å². The Labute approximate surface area is 253 Å². The van der Waals surface area contributed by atoms with Crippen LogP contribution in [0.2, 0.25) is 0 Å². The van der Waals surface area contributed by atoms with Crippen molar-refractivity contribution < 1.29 is 37.7 Å². The van der Waals surface area contributed by atoms with Gasteiger partial charge in [-0.2, -0.15) is 13.1 Å². The maximum absolute atomic E-state index is 13.7. The molecule has 2 aromatic rings. The Morgan fingerprint density at radius 1 is 1.00 bits per heavy atom. The number of ketones is 1. The quantitative estimate of drug-likeness (QED) is 0.0790. The minimum absolute atomic E-state index is 0.0270. The maximum Gasteiger partial charge on any atom is 0.415 e. The number of halogens is 2. The van der Waals surface area contributed by atoms with Gasteiger partial charge in [0.25, 0.3) is 0 Å². The van der Waals surface area contributed by atoms with Crippen LogP contribution in [-0.2, 0) is 35.2 Å². The molecule has 0 N–H and O–H groups in total. The topological polar surface area (TPSA) is 84.9 Å². The van der Waals surface area contributed by atoms with Crippen LogP contribution in [0.25, 0.3) is 0 Å². The number of rotatable bonds is 10. The predicted octanol–water partition coefficient (Wildman–Crippen LogP) is 6.12. The molecular formula is C32H38F2O6S2. The number of Topliss-reactive ketones (excluding diaryl/α,β-unsaturated/α-hetero) is 1. The fourth-order valence-corrected chi connectivity index (χ4v) is 10.5. The van der Waals surface area contributed by atoms with Crippen LogP contribution in [0.1, 0.15) is 72.9 Å². The zero-order valence-corrected chi connectivity index (χ0v) is 25.5. The van der Waals surface area contributed by atoms with E-state index in [0.29, 0.717) is 28.5 Å². The van der Waals surface area contributed by atoms with Crippen LogP contribution in [0.15, 0.2) is 54.6 Å². The second kappa shape index (κ2) is 13.3. The summed E-state index contributed by atoms with van der Waals surface area (Å²) in [5.74, 6) is 3.04. The lowest BCUT2D eigenvalue weighted by Crippen LogP contribution is -2.55. The van der Waals surface area contributed by atoms with E-state index in [1.165, 1.54) is 41.9 Å². The summed E-state index contributed by atoms with van der Waals surface area (Å²) in [5.41, 5.74) is 3.18. The number of hydrogen-bond donors (Lipinski definition) is 0. The van der Waals surface area contributed by atoms with Gasteiger partial charge in [-0.3, -0.25) is 9.83 Å². The molecule has 2 atom stereocenters. The second-order valence-electron chi connectivity index (χ2n) is 12.6. The van der Waals surface area contributed by atoms with Gasteiger partial charge in [0.1, 0.15) is 23.5 Å². The molecule has 1 heterocycles. The molecule has 0 amide bonds. The van der Waals surface area contributed by atoms with Crippen LogP contribution >= 0.6 is 12.0 Å². The van der Waals surface area contributed by atoms with E-state index in [-0.39, 0.29) is 17.4 Å². The number of carbonyl (C=O) groups is 2. The molecule has 10 heteroatoms. The van der Waals surface area contributed by atoms with Gasteiger partial charge in [0, 0.05) is 11.0 Å².